The van der Waals surface area contributed by atoms with Crippen LogP contribution < -0.4 is 10.1 Å². The monoisotopic (exact) mass is 275 g/mol. The van der Waals surface area contributed by atoms with Crippen molar-refractivity contribution in [1.82, 2.24) is 10.2 Å². The van der Waals surface area contributed by atoms with E-state index in [2.05, 4.69) is 34.3 Å². The number of nitrogens with one attached hydrogen (secondary N) is 1. The summed E-state index contributed by atoms with van der Waals surface area (Å²) in [7, 11) is 3.54. The summed E-state index contributed by atoms with van der Waals surface area (Å²) in [6.07, 6.45) is 2.51. The van der Waals surface area contributed by atoms with Crippen LogP contribution in [0.3, 0.4) is 0 Å². The van der Waals surface area contributed by atoms with Crippen molar-refractivity contribution in [3.8, 4) is 5.75 Å². The molecule has 0 amide bonds. The molecule has 1 saturated heterocycles. The van der Waals surface area contributed by atoms with Gasteiger partial charge >= 0.3 is 0 Å². The molecule has 1 fully saturated rings. The lowest BCUT2D eigenvalue weighted by atomic mass is 10.00. The van der Waals surface area contributed by atoms with Crippen molar-refractivity contribution >= 4 is 5.96 Å². The van der Waals surface area contributed by atoms with Gasteiger partial charge in [0, 0.05) is 26.7 Å². The number of benzene rings is 1. The third-order valence-corrected chi connectivity index (χ3v) is 3.90. The summed E-state index contributed by atoms with van der Waals surface area (Å²) < 4.78 is 5.17. The molecule has 0 bridgehead atoms. The van der Waals surface area contributed by atoms with Gasteiger partial charge in [-0.3, -0.25) is 4.99 Å². The van der Waals surface area contributed by atoms with E-state index in [0.717, 1.165) is 37.3 Å². The van der Waals surface area contributed by atoms with E-state index in [0.29, 0.717) is 0 Å². The number of ether oxygens (including phenoxy) is 1. The topological polar surface area (TPSA) is 36.9 Å². The zero-order chi connectivity index (χ0) is 14.4. The molecule has 0 unspecified atom stereocenters. The molecule has 0 aromatic heterocycles. The van der Waals surface area contributed by atoms with E-state index in [9.17, 15) is 0 Å². The van der Waals surface area contributed by atoms with Gasteiger partial charge in [-0.25, -0.2) is 0 Å². The minimum absolute atomic E-state index is 0.794. The Morgan fingerprint density at radius 1 is 1.30 bits per heavy atom. The number of nitrogens with zero attached hydrogens (tertiary/aromatic N) is 2. The quantitative estimate of drug-likeness (QED) is 0.680. The second-order valence-corrected chi connectivity index (χ2v) is 5.42. The average Bonchev–Trinajstić information content (AvgIpc) is 2.50. The molecular formula is C16H25N3O. The van der Waals surface area contributed by atoms with Crippen molar-refractivity contribution in [1.29, 1.82) is 0 Å². The predicted molar refractivity (Wildman–Crippen MR) is 83.2 cm³/mol. The van der Waals surface area contributed by atoms with Gasteiger partial charge in [-0.1, -0.05) is 19.1 Å². The lowest BCUT2D eigenvalue weighted by Crippen LogP contribution is -2.45. The molecule has 0 saturated carbocycles. The van der Waals surface area contributed by atoms with Crippen LogP contribution in [0.5, 0.6) is 5.75 Å². The number of piperidine rings is 1. The molecule has 0 aliphatic carbocycles. The highest BCUT2D eigenvalue weighted by Gasteiger charge is 2.18. The van der Waals surface area contributed by atoms with Crippen molar-refractivity contribution in [3.05, 3.63) is 29.8 Å². The summed E-state index contributed by atoms with van der Waals surface area (Å²) in [5.41, 5.74) is 1.23. The van der Waals surface area contributed by atoms with Crippen molar-refractivity contribution < 1.29 is 4.74 Å². The molecule has 1 heterocycles. The van der Waals surface area contributed by atoms with E-state index in [1.165, 1.54) is 18.4 Å². The Labute approximate surface area is 121 Å². The summed E-state index contributed by atoms with van der Waals surface area (Å²) >= 11 is 0. The Balaban J connectivity index is 1.87. The molecule has 1 N–H and O–H groups in total. The van der Waals surface area contributed by atoms with Crippen molar-refractivity contribution in [2.75, 3.05) is 27.2 Å². The van der Waals surface area contributed by atoms with Gasteiger partial charge in [-0.15, -0.1) is 0 Å². The lowest BCUT2D eigenvalue weighted by molar-refractivity contribution is 0.273. The van der Waals surface area contributed by atoms with Crippen LogP contribution in [0.25, 0.3) is 0 Å². The molecule has 0 radical (unpaired) electrons. The molecule has 1 aromatic carbocycles. The number of aliphatic imine (C=N–C) groups is 1. The zero-order valence-corrected chi connectivity index (χ0v) is 12.7. The number of rotatable bonds is 3. The number of hydrogen-bond donors (Lipinski definition) is 1. The van der Waals surface area contributed by atoms with Crippen LogP contribution in [0.1, 0.15) is 25.3 Å². The fraction of sp³-hybridized carbons (Fsp3) is 0.562. The summed E-state index contributed by atoms with van der Waals surface area (Å²) in [6.45, 7) is 5.32. The zero-order valence-electron chi connectivity index (χ0n) is 12.7. The minimum Gasteiger partial charge on any atom is -0.497 e. The Hall–Kier alpha value is -1.71. The van der Waals surface area contributed by atoms with Gasteiger partial charge in [0.25, 0.3) is 0 Å². The van der Waals surface area contributed by atoms with Crippen molar-refractivity contribution in [2.24, 2.45) is 10.9 Å². The molecule has 1 aromatic rings. The van der Waals surface area contributed by atoms with Crippen molar-refractivity contribution in [3.63, 3.8) is 0 Å². The first-order valence-electron chi connectivity index (χ1n) is 7.31. The van der Waals surface area contributed by atoms with Crippen LogP contribution >= 0.6 is 0 Å². The molecule has 1 aliphatic rings. The molecule has 4 heteroatoms. The highest BCUT2D eigenvalue weighted by Crippen LogP contribution is 2.16. The fourth-order valence-corrected chi connectivity index (χ4v) is 2.48. The lowest BCUT2D eigenvalue weighted by Gasteiger charge is -2.32. The van der Waals surface area contributed by atoms with Gasteiger partial charge in [0.1, 0.15) is 5.75 Å². The molecule has 110 valence electrons. The SMILES string of the molecule is CN=C(NCc1ccc(OC)cc1)N1CCC(C)CC1. The Bertz CT molecular complexity index is 434. The number of likely N-dealkylation sites (tertiary alicyclic amines) is 1. The summed E-state index contributed by atoms with van der Waals surface area (Å²) in [5.74, 6) is 2.74. The molecule has 1 aliphatic heterocycles. The maximum atomic E-state index is 5.17. The number of methoxy groups -OCH3 is 1. The van der Waals surface area contributed by atoms with Crippen LogP contribution in [0.2, 0.25) is 0 Å². The third kappa shape index (κ3) is 3.89. The first-order chi connectivity index (χ1) is 9.72. The molecule has 4 nitrogen and oxygen atoms in total. The van der Waals surface area contributed by atoms with E-state index in [-0.39, 0.29) is 0 Å². The smallest absolute Gasteiger partial charge is 0.193 e. The fourth-order valence-electron chi connectivity index (χ4n) is 2.48. The largest absolute Gasteiger partial charge is 0.497 e. The van der Waals surface area contributed by atoms with Crippen LogP contribution in [-0.4, -0.2) is 38.1 Å². The molecule has 0 atom stereocenters. The maximum absolute atomic E-state index is 5.17. The summed E-state index contributed by atoms with van der Waals surface area (Å²) in [4.78, 5) is 6.74. The van der Waals surface area contributed by atoms with Gasteiger partial charge in [0.05, 0.1) is 7.11 Å². The molecular weight excluding hydrogens is 250 g/mol. The second-order valence-electron chi connectivity index (χ2n) is 5.42. The van der Waals surface area contributed by atoms with Crippen molar-refractivity contribution in [2.45, 2.75) is 26.3 Å². The van der Waals surface area contributed by atoms with Crippen LogP contribution in [-0.2, 0) is 6.54 Å². The van der Waals surface area contributed by atoms with Crippen LogP contribution in [0.4, 0.5) is 0 Å². The molecule has 0 spiro atoms. The first kappa shape index (κ1) is 14.7. The normalized spacial score (nSPS) is 17.1. The van der Waals surface area contributed by atoms with E-state index >= 15 is 0 Å². The first-order valence-corrected chi connectivity index (χ1v) is 7.31. The predicted octanol–water partition coefficient (Wildman–Crippen LogP) is 2.50. The Morgan fingerprint density at radius 2 is 1.95 bits per heavy atom. The van der Waals surface area contributed by atoms with Crippen LogP contribution in [0, 0.1) is 5.92 Å². The van der Waals surface area contributed by atoms with Crippen LogP contribution in [0.15, 0.2) is 29.3 Å². The van der Waals surface area contributed by atoms with E-state index in [1.807, 2.05) is 19.2 Å². The maximum Gasteiger partial charge on any atom is 0.193 e. The molecule has 2 rings (SSSR count). The summed E-state index contributed by atoms with van der Waals surface area (Å²) in [5, 5.41) is 3.44. The second kappa shape index (κ2) is 7.17. The number of hydrogen-bond acceptors (Lipinski definition) is 2. The standard InChI is InChI=1S/C16H25N3O/c1-13-8-10-19(11-9-13)16(17-2)18-12-14-4-6-15(20-3)7-5-14/h4-7,13H,8-12H2,1-3H3,(H,17,18). The van der Waals surface area contributed by atoms with E-state index in [4.69, 9.17) is 4.74 Å². The minimum atomic E-state index is 0.794. The van der Waals surface area contributed by atoms with Gasteiger partial charge in [-0.05, 0) is 36.5 Å². The van der Waals surface area contributed by atoms with E-state index < -0.39 is 0 Å². The van der Waals surface area contributed by atoms with Gasteiger partial charge in [0.15, 0.2) is 5.96 Å². The van der Waals surface area contributed by atoms with Gasteiger partial charge < -0.3 is 15.0 Å². The highest BCUT2D eigenvalue weighted by atomic mass is 16.5. The van der Waals surface area contributed by atoms with Gasteiger partial charge in [0.2, 0.25) is 0 Å². The van der Waals surface area contributed by atoms with E-state index in [1.54, 1.807) is 7.11 Å². The summed E-state index contributed by atoms with van der Waals surface area (Å²) in [6, 6.07) is 8.14. The Kier molecular flexibility index (Phi) is 5.27. The highest BCUT2D eigenvalue weighted by molar-refractivity contribution is 5.79. The average molecular weight is 275 g/mol. The molecule has 20 heavy (non-hydrogen) atoms. The Morgan fingerprint density at radius 3 is 2.50 bits per heavy atom. The third-order valence-electron chi connectivity index (χ3n) is 3.90. The number of guanidine groups is 1. The van der Waals surface area contributed by atoms with Gasteiger partial charge in [-0.2, -0.15) is 0 Å².